The van der Waals surface area contributed by atoms with E-state index in [1.807, 2.05) is 30.3 Å². The van der Waals surface area contributed by atoms with Crippen LogP contribution in [0.15, 0.2) is 35.4 Å². The first-order valence-corrected chi connectivity index (χ1v) is 7.44. The summed E-state index contributed by atoms with van der Waals surface area (Å²) >= 11 is 0. The average Bonchev–Trinajstić information content (AvgIpc) is 2.86. The van der Waals surface area contributed by atoms with Gasteiger partial charge in [-0.3, -0.25) is 4.79 Å². The smallest absolute Gasteiger partial charge is 0.354 e. The number of hydrogen-bond acceptors (Lipinski definition) is 5. The minimum atomic E-state index is -1.57. The van der Waals surface area contributed by atoms with Crippen LogP contribution in [0.1, 0.15) is 32.8 Å². The van der Waals surface area contributed by atoms with E-state index < -0.39 is 17.1 Å². The second kappa shape index (κ2) is 6.12. The summed E-state index contributed by atoms with van der Waals surface area (Å²) in [6, 6.07) is 9.20. The van der Waals surface area contributed by atoms with Gasteiger partial charge in [-0.2, -0.15) is 5.10 Å². The van der Waals surface area contributed by atoms with Gasteiger partial charge in [-0.1, -0.05) is 51.1 Å². The maximum Gasteiger partial charge on any atom is 0.354 e. The normalized spacial score (nSPS) is 21.1. The molecule has 1 aromatic carbocycles. The third-order valence-corrected chi connectivity index (χ3v) is 4.04. The summed E-state index contributed by atoms with van der Waals surface area (Å²) in [5.41, 5.74) is -1.39. The molecule has 2 rings (SSSR count). The first-order chi connectivity index (χ1) is 10.7. The Labute approximate surface area is 135 Å². The number of hydrogen-bond donors (Lipinski definition) is 1. The summed E-state index contributed by atoms with van der Waals surface area (Å²) in [6.07, 6.45) is 0.0425. The highest BCUT2D eigenvalue weighted by atomic mass is 16.5. The van der Waals surface area contributed by atoms with Gasteiger partial charge in [-0.05, 0) is 5.56 Å². The molecule has 23 heavy (non-hydrogen) atoms. The van der Waals surface area contributed by atoms with E-state index in [-0.39, 0.29) is 24.5 Å². The van der Waals surface area contributed by atoms with Crippen LogP contribution in [0.2, 0.25) is 0 Å². The number of benzene rings is 1. The van der Waals surface area contributed by atoms with E-state index in [2.05, 4.69) is 9.84 Å². The molecule has 0 fully saturated rings. The molecule has 6 heteroatoms. The molecule has 0 aliphatic carbocycles. The zero-order valence-corrected chi connectivity index (χ0v) is 13.9. The quantitative estimate of drug-likeness (QED) is 0.861. The first kappa shape index (κ1) is 17.1. The molecule has 0 radical (unpaired) electrons. The second-order valence-corrected chi connectivity index (χ2v) is 6.65. The van der Waals surface area contributed by atoms with Gasteiger partial charge in [0.05, 0.1) is 13.5 Å². The van der Waals surface area contributed by atoms with Gasteiger partial charge < -0.3 is 9.84 Å². The molecular weight excluding hydrogens is 296 g/mol. The number of amides is 1. The minimum absolute atomic E-state index is 0.0475. The molecule has 0 saturated carbocycles. The Balaban J connectivity index is 2.32. The summed E-state index contributed by atoms with van der Waals surface area (Å²) < 4.78 is 4.67. The van der Waals surface area contributed by atoms with E-state index >= 15 is 0 Å². The molecule has 0 spiro atoms. The van der Waals surface area contributed by atoms with E-state index in [1.165, 1.54) is 7.11 Å². The zero-order chi connectivity index (χ0) is 17.3. The number of rotatable bonds is 3. The third kappa shape index (κ3) is 3.27. The Morgan fingerprint density at radius 3 is 2.43 bits per heavy atom. The minimum Gasteiger partial charge on any atom is -0.464 e. The number of aliphatic hydroxyl groups is 1. The number of carbonyl (C=O) groups is 2. The molecule has 1 aromatic rings. The topological polar surface area (TPSA) is 79.2 Å². The summed E-state index contributed by atoms with van der Waals surface area (Å²) in [7, 11) is 1.25. The van der Waals surface area contributed by atoms with Gasteiger partial charge in [0.2, 0.25) is 5.91 Å². The number of ether oxygens (including phenoxy) is 1. The van der Waals surface area contributed by atoms with E-state index in [0.29, 0.717) is 0 Å². The highest BCUT2D eigenvalue weighted by Crippen LogP contribution is 2.41. The zero-order valence-electron chi connectivity index (χ0n) is 13.9. The maximum atomic E-state index is 12.6. The van der Waals surface area contributed by atoms with E-state index in [1.54, 1.807) is 20.8 Å². The van der Waals surface area contributed by atoms with Crippen LogP contribution in [-0.4, -0.2) is 40.5 Å². The van der Waals surface area contributed by atoms with Crippen molar-refractivity contribution in [3.8, 4) is 0 Å². The van der Waals surface area contributed by atoms with Crippen molar-refractivity contribution in [2.24, 2.45) is 10.5 Å². The van der Waals surface area contributed by atoms with Crippen molar-refractivity contribution in [2.75, 3.05) is 7.11 Å². The largest absolute Gasteiger partial charge is 0.464 e. The number of hydrazone groups is 1. The van der Waals surface area contributed by atoms with Crippen LogP contribution in [0.3, 0.4) is 0 Å². The molecule has 1 amide bonds. The van der Waals surface area contributed by atoms with Crippen LogP contribution in [0.5, 0.6) is 0 Å². The molecule has 1 N–H and O–H groups in total. The van der Waals surface area contributed by atoms with Crippen molar-refractivity contribution in [2.45, 2.75) is 39.3 Å². The lowest BCUT2D eigenvalue weighted by atomic mass is 9.80. The monoisotopic (exact) mass is 318 g/mol. The van der Waals surface area contributed by atoms with Crippen molar-refractivity contribution in [3.05, 3.63) is 35.9 Å². The van der Waals surface area contributed by atoms with Crippen LogP contribution in [0.25, 0.3) is 0 Å². The van der Waals surface area contributed by atoms with Crippen molar-refractivity contribution < 1.29 is 19.4 Å². The highest BCUT2D eigenvalue weighted by Gasteiger charge is 2.53. The van der Waals surface area contributed by atoms with Gasteiger partial charge in [0, 0.05) is 11.8 Å². The molecule has 0 bridgehead atoms. The molecule has 1 aliphatic rings. The van der Waals surface area contributed by atoms with Gasteiger partial charge in [-0.25, -0.2) is 9.80 Å². The lowest BCUT2D eigenvalue weighted by Gasteiger charge is -2.41. The van der Waals surface area contributed by atoms with Crippen molar-refractivity contribution in [3.63, 3.8) is 0 Å². The molecule has 0 saturated heterocycles. The molecule has 6 nitrogen and oxygen atoms in total. The van der Waals surface area contributed by atoms with Gasteiger partial charge in [-0.15, -0.1) is 0 Å². The van der Waals surface area contributed by atoms with Gasteiger partial charge in [0.25, 0.3) is 0 Å². The van der Waals surface area contributed by atoms with E-state index in [0.717, 1.165) is 10.6 Å². The van der Waals surface area contributed by atoms with Crippen LogP contribution in [0, 0.1) is 5.41 Å². The summed E-state index contributed by atoms with van der Waals surface area (Å²) in [6.45, 7) is 5.39. The van der Waals surface area contributed by atoms with E-state index in [4.69, 9.17) is 0 Å². The predicted octanol–water partition coefficient (Wildman–Crippen LogP) is 1.73. The standard InChI is InChI=1S/C17H22N2O4/c1-16(2,3)17(22)11-13(15(21)23-4)18-19(17)14(20)10-12-8-6-5-7-9-12/h5-9,22H,10-11H2,1-4H3. The van der Waals surface area contributed by atoms with Crippen LogP contribution < -0.4 is 0 Å². The fourth-order valence-electron chi connectivity index (χ4n) is 2.47. The lowest BCUT2D eigenvalue weighted by molar-refractivity contribution is -0.181. The molecule has 124 valence electrons. The summed E-state index contributed by atoms with van der Waals surface area (Å²) in [5.74, 6) is -1.00. The Bertz CT molecular complexity index is 634. The van der Waals surface area contributed by atoms with Crippen LogP contribution in [-0.2, 0) is 20.7 Å². The fraction of sp³-hybridized carbons (Fsp3) is 0.471. The van der Waals surface area contributed by atoms with Gasteiger partial charge >= 0.3 is 5.97 Å². The number of carbonyl (C=O) groups excluding carboxylic acids is 2. The maximum absolute atomic E-state index is 12.6. The van der Waals surface area contributed by atoms with Gasteiger partial charge in [0.15, 0.2) is 11.4 Å². The first-order valence-electron chi connectivity index (χ1n) is 7.44. The third-order valence-electron chi connectivity index (χ3n) is 4.04. The number of nitrogens with zero attached hydrogens (tertiary/aromatic N) is 2. The fourth-order valence-corrected chi connectivity index (χ4v) is 2.47. The summed E-state index contributed by atoms with van der Waals surface area (Å²) in [4.78, 5) is 24.4. The number of methoxy groups -OCH3 is 1. The lowest BCUT2D eigenvalue weighted by Crippen LogP contribution is -2.55. The van der Waals surface area contributed by atoms with Crippen molar-refractivity contribution >= 4 is 17.6 Å². The SMILES string of the molecule is COC(=O)C1=NN(C(=O)Cc2ccccc2)C(O)(C(C)(C)C)C1. The molecule has 1 heterocycles. The molecular formula is C17H22N2O4. The second-order valence-electron chi connectivity index (χ2n) is 6.65. The van der Waals surface area contributed by atoms with Crippen LogP contribution >= 0.6 is 0 Å². The molecule has 1 atom stereocenters. The Hall–Kier alpha value is -2.21. The van der Waals surface area contributed by atoms with E-state index in [9.17, 15) is 14.7 Å². The molecule has 1 aliphatic heterocycles. The van der Waals surface area contributed by atoms with Crippen molar-refractivity contribution in [1.29, 1.82) is 0 Å². The van der Waals surface area contributed by atoms with Crippen molar-refractivity contribution in [1.82, 2.24) is 5.01 Å². The molecule has 0 aromatic heterocycles. The van der Waals surface area contributed by atoms with Crippen LogP contribution in [0.4, 0.5) is 0 Å². The Morgan fingerprint density at radius 2 is 1.91 bits per heavy atom. The number of esters is 1. The molecule has 1 unspecified atom stereocenters. The van der Waals surface area contributed by atoms with Gasteiger partial charge in [0.1, 0.15) is 0 Å². The summed E-state index contributed by atoms with van der Waals surface area (Å²) in [5, 5.41) is 16.1. The highest BCUT2D eigenvalue weighted by molar-refractivity contribution is 6.37. The average molecular weight is 318 g/mol. The Morgan fingerprint density at radius 1 is 1.30 bits per heavy atom. The predicted molar refractivity (Wildman–Crippen MR) is 85.5 cm³/mol. The Kier molecular flexibility index (Phi) is 4.56.